The van der Waals surface area contributed by atoms with E-state index < -0.39 is 145 Å². The molecule has 26 nitrogen and oxygen atoms in total. The van der Waals surface area contributed by atoms with Gasteiger partial charge in [-0.05, 0) is 64.8 Å². The number of carbonyl (C=O) groups excluding carboxylic acids is 10. The van der Waals surface area contributed by atoms with Crippen LogP contribution in [-0.4, -0.2) is 188 Å². The maximum Gasteiger partial charge on any atom is 0.327 e. The van der Waals surface area contributed by atoms with Crippen LogP contribution in [0, 0.1) is 0 Å². The van der Waals surface area contributed by atoms with Crippen LogP contribution in [0.25, 0.3) is 0 Å². The van der Waals surface area contributed by atoms with Crippen molar-refractivity contribution < 1.29 is 68.1 Å². The van der Waals surface area contributed by atoms with E-state index in [4.69, 9.17) is 22.9 Å². The Morgan fingerprint density at radius 2 is 1.23 bits per heavy atom. The van der Waals surface area contributed by atoms with E-state index in [1.807, 2.05) is 0 Å². The topological polar surface area (TPSA) is 431 Å². The summed E-state index contributed by atoms with van der Waals surface area (Å²) in [5, 5.41) is 44.9. The lowest BCUT2D eigenvalue weighted by atomic mass is 10.1. The van der Waals surface area contributed by atoms with Crippen molar-refractivity contribution >= 4 is 86.6 Å². The molecule has 370 valence electrons. The quantitative estimate of drug-likeness (QED) is 0.0639. The third kappa shape index (κ3) is 16.2. The van der Waals surface area contributed by atoms with Crippen LogP contribution in [0.3, 0.4) is 0 Å². The number of hydrogen-bond acceptors (Lipinski definition) is 17. The lowest BCUT2D eigenvalue weighted by Crippen LogP contribution is -2.61. The average molecular weight is 975 g/mol. The molecule has 0 aliphatic carbocycles. The van der Waals surface area contributed by atoms with Crippen molar-refractivity contribution in [1.82, 2.24) is 41.7 Å². The summed E-state index contributed by atoms with van der Waals surface area (Å²) >= 11 is 0. The van der Waals surface area contributed by atoms with E-state index in [1.165, 1.54) is 11.8 Å². The maximum atomic E-state index is 14.2. The number of hydrogen-bond donors (Lipinski definition) is 13. The van der Waals surface area contributed by atoms with Gasteiger partial charge in [-0.25, -0.2) is 4.79 Å². The molecule has 3 rings (SSSR count). The van der Waals surface area contributed by atoms with E-state index in [2.05, 4.69) is 31.9 Å². The van der Waals surface area contributed by atoms with Crippen LogP contribution in [0.1, 0.15) is 71.1 Å². The van der Waals surface area contributed by atoms with Gasteiger partial charge in [0.05, 0.1) is 25.2 Å². The Bertz CT molecular complexity index is 1810. The van der Waals surface area contributed by atoms with Gasteiger partial charge in [0.2, 0.25) is 59.1 Å². The summed E-state index contributed by atoms with van der Waals surface area (Å²) in [6.07, 6.45) is -1.60. The van der Waals surface area contributed by atoms with Gasteiger partial charge >= 0.3 is 5.97 Å². The number of carbonyl (C=O) groups is 11. The summed E-state index contributed by atoms with van der Waals surface area (Å²) in [5.41, 5.74) is 22.4. The molecule has 10 atom stereocenters. The molecular weight excluding hydrogens is 913 g/mol. The number of aliphatic hydroxyl groups excluding tert-OH is 2. The molecule has 3 aliphatic heterocycles. The fraction of sp³-hybridized carbons (Fsp3) is 0.711. The molecule has 0 radical (unpaired) electrons. The van der Waals surface area contributed by atoms with Gasteiger partial charge in [0.15, 0.2) is 0 Å². The van der Waals surface area contributed by atoms with Crippen molar-refractivity contribution in [2.24, 2.45) is 22.9 Å². The summed E-state index contributed by atoms with van der Waals surface area (Å²) in [6.45, 7) is 0.387. The Kier molecular flexibility index (Phi) is 22.3. The molecule has 0 bridgehead atoms. The molecule has 3 heterocycles. The predicted octanol–water partition coefficient (Wildman–Crippen LogP) is -6.67. The van der Waals surface area contributed by atoms with Crippen molar-refractivity contribution in [3.63, 3.8) is 0 Å². The smallest absolute Gasteiger partial charge is 0.327 e. The molecule has 17 N–H and O–H groups in total. The van der Waals surface area contributed by atoms with Crippen LogP contribution in [0.2, 0.25) is 0 Å². The molecule has 10 amide bonds. The number of rotatable bonds is 12. The lowest BCUT2D eigenvalue weighted by molar-refractivity contribution is -0.148. The number of aliphatic hydroxyl groups is 2. The molecule has 28 heteroatoms. The molecule has 0 saturated carbocycles. The molecule has 0 aromatic heterocycles. The third-order valence-corrected chi connectivity index (χ3v) is 13.4. The summed E-state index contributed by atoms with van der Waals surface area (Å²) in [6, 6.07) is -13.3. The Balaban J connectivity index is 2.02. The number of fused-ring (bicyclic) bond motifs is 2. The Labute approximate surface area is 387 Å². The lowest BCUT2D eigenvalue weighted by Gasteiger charge is -2.33. The molecule has 0 aromatic rings. The first-order chi connectivity index (χ1) is 31.2. The second-order valence-electron chi connectivity index (χ2n) is 16.1. The van der Waals surface area contributed by atoms with Gasteiger partial charge in [-0.1, -0.05) is 21.6 Å². The second kappa shape index (κ2) is 26.8. The Morgan fingerprint density at radius 1 is 0.682 bits per heavy atom. The molecule has 66 heavy (non-hydrogen) atoms. The highest BCUT2D eigenvalue weighted by Crippen LogP contribution is 2.27. The van der Waals surface area contributed by atoms with Crippen molar-refractivity contribution in [1.29, 1.82) is 0 Å². The number of amides is 10. The van der Waals surface area contributed by atoms with Gasteiger partial charge in [0, 0.05) is 31.0 Å². The largest absolute Gasteiger partial charge is 0.480 e. The van der Waals surface area contributed by atoms with Crippen LogP contribution >= 0.6 is 21.6 Å². The van der Waals surface area contributed by atoms with E-state index in [1.54, 1.807) is 0 Å². The van der Waals surface area contributed by atoms with E-state index >= 15 is 0 Å². The fourth-order valence-corrected chi connectivity index (χ4v) is 9.67. The zero-order chi connectivity index (χ0) is 49.2. The van der Waals surface area contributed by atoms with Gasteiger partial charge in [-0.15, -0.1) is 0 Å². The van der Waals surface area contributed by atoms with Gasteiger partial charge in [-0.2, -0.15) is 0 Å². The van der Waals surface area contributed by atoms with E-state index in [-0.39, 0.29) is 63.2 Å². The van der Waals surface area contributed by atoms with Crippen LogP contribution in [0.5, 0.6) is 0 Å². The first-order valence-electron chi connectivity index (χ1n) is 21.4. The number of aliphatic carboxylic acids is 1. The fourth-order valence-electron chi connectivity index (χ4n) is 7.39. The van der Waals surface area contributed by atoms with Crippen molar-refractivity contribution in [2.45, 2.75) is 132 Å². The summed E-state index contributed by atoms with van der Waals surface area (Å²) in [5.74, 6) is -11.3. The first kappa shape index (κ1) is 55.0. The van der Waals surface area contributed by atoms with Gasteiger partial charge in [0.25, 0.3) is 0 Å². The van der Waals surface area contributed by atoms with E-state index in [9.17, 15) is 68.1 Å². The standard InChI is InChI=1S/C38H62N12O14S2/c1-18(52)29-35(60)44-20(6-2-3-11-39)31(56)46-23(15-51)33(58)45-22(14-28(42)54)36(61)50-13-5-8-26(50)37(62)49-12-4-7-25(49)34(59)43-21(9-10-27(41)53)32(57)47-24(38(63)64)17-66-65-16-19(40)30(55)48-29/h18-26,29,51-52H,2-17,39-40H2,1H3,(H2,41,53)(H2,42,54)(H,43,59)(H,44,60)(H,45,58)(H,46,56)(H,47,57)(H,48,55)(H,63,64)/t18-,19+,20?,21?,22?,23+,24+,25+,26+,29+/m1/s1. The molecule has 3 saturated heterocycles. The van der Waals surface area contributed by atoms with Crippen molar-refractivity contribution in [3.05, 3.63) is 0 Å². The SMILES string of the molecule is C[C@@H](O)[C@@H]1NC(=O)[C@@H](N)CSSC[C@@H](C(=O)O)NC(=O)C(CCC(N)=O)NC(=O)[C@@H]2CCCN2C(=O)[C@@H]2CCCN2C(=O)C(CC(N)=O)NC(=O)[C@H](CO)NC(=O)C(CCCCN)NC1=O. The van der Waals surface area contributed by atoms with Crippen LogP contribution in [-0.2, 0) is 52.7 Å². The normalized spacial score (nSPS) is 29.0. The number of nitrogens with zero attached hydrogens (tertiary/aromatic N) is 2. The molecular formula is C38H62N12O14S2. The number of unbranched alkanes of at least 4 members (excludes halogenated alkanes) is 1. The molecule has 3 unspecified atom stereocenters. The summed E-state index contributed by atoms with van der Waals surface area (Å²) in [7, 11) is 1.84. The van der Waals surface area contributed by atoms with Crippen LogP contribution in [0.15, 0.2) is 0 Å². The Hall–Kier alpha value is -5.29. The number of nitrogens with one attached hydrogen (secondary N) is 6. The maximum absolute atomic E-state index is 14.2. The third-order valence-electron chi connectivity index (χ3n) is 11.0. The summed E-state index contributed by atoms with van der Waals surface area (Å²) in [4.78, 5) is 148. The minimum Gasteiger partial charge on any atom is -0.480 e. The monoisotopic (exact) mass is 974 g/mol. The van der Waals surface area contributed by atoms with E-state index in [0.29, 0.717) is 19.3 Å². The average Bonchev–Trinajstić information content (AvgIpc) is 3.96. The van der Waals surface area contributed by atoms with Crippen molar-refractivity contribution in [2.75, 3.05) is 37.7 Å². The highest BCUT2D eigenvalue weighted by Gasteiger charge is 2.45. The molecule has 0 aromatic carbocycles. The number of primary amides is 2. The summed E-state index contributed by atoms with van der Waals surface area (Å²) < 4.78 is 0. The van der Waals surface area contributed by atoms with Crippen LogP contribution < -0.4 is 54.8 Å². The highest BCUT2D eigenvalue weighted by molar-refractivity contribution is 8.76. The van der Waals surface area contributed by atoms with Gasteiger partial charge < -0.3 is 80.0 Å². The van der Waals surface area contributed by atoms with Gasteiger partial charge in [0.1, 0.15) is 48.3 Å². The van der Waals surface area contributed by atoms with E-state index in [0.717, 1.165) is 26.5 Å². The van der Waals surface area contributed by atoms with Crippen LogP contribution in [0.4, 0.5) is 0 Å². The molecule has 0 spiro atoms. The second-order valence-corrected chi connectivity index (χ2v) is 18.6. The minimum atomic E-state index is -1.77. The number of carboxylic acids is 1. The first-order valence-corrected chi connectivity index (χ1v) is 23.9. The number of carboxylic acid groups (broad SMARTS) is 1. The molecule has 3 aliphatic rings. The molecule has 3 fully saturated rings. The Morgan fingerprint density at radius 3 is 1.82 bits per heavy atom. The van der Waals surface area contributed by atoms with Gasteiger partial charge in [-0.3, -0.25) is 47.9 Å². The zero-order valence-electron chi connectivity index (χ0n) is 36.4. The minimum absolute atomic E-state index is 0.0217. The highest BCUT2D eigenvalue weighted by atomic mass is 33.1. The zero-order valence-corrected chi connectivity index (χ0v) is 38.1. The number of nitrogens with two attached hydrogens (primary N) is 4. The van der Waals surface area contributed by atoms with Crippen molar-refractivity contribution in [3.8, 4) is 0 Å². The predicted molar refractivity (Wildman–Crippen MR) is 235 cm³/mol.